The minimum atomic E-state index is -0.714. The fraction of sp³-hybridized carbons (Fsp3) is 0.250. The van der Waals surface area contributed by atoms with Crippen molar-refractivity contribution in [2.24, 2.45) is 18.7 Å². The molecular weight excluding hydrogens is 407 g/mol. The van der Waals surface area contributed by atoms with Gasteiger partial charge in [-0.05, 0) is 42.5 Å². The number of primary amides is 1. The van der Waals surface area contributed by atoms with E-state index in [-0.39, 0.29) is 16.6 Å². The topological polar surface area (TPSA) is 91.6 Å². The zero-order valence-electron chi connectivity index (χ0n) is 17.9. The van der Waals surface area contributed by atoms with Crippen LogP contribution in [0.25, 0.3) is 22.8 Å². The second-order valence-electron chi connectivity index (χ2n) is 8.62. The van der Waals surface area contributed by atoms with Crippen LogP contribution in [0.3, 0.4) is 0 Å². The van der Waals surface area contributed by atoms with Gasteiger partial charge in [0.05, 0.1) is 10.9 Å². The van der Waals surface area contributed by atoms with Crippen molar-refractivity contribution in [2.45, 2.75) is 25.2 Å². The Morgan fingerprint density at radius 1 is 1.34 bits per heavy atom. The van der Waals surface area contributed by atoms with Crippen LogP contribution in [-0.2, 0) is 12.5 Å². The van der Waals surface area contributed by atoms with Crippen molar-refractivity contribution in [3.8, 4) is 5.69 Å². The highest BCUT2D eigenvalue weighted by Crippen LogP contribution is 2.51. The highest BCUT2D eigenvalue weighted by atomic mass is 19.1. The van der Waals surface area contributed by atoms with Gasteiger partial charge in [-0.3, -0.25) is 4.79 Å². The highest BCUT2D eigenvalue weighted by Gasteiger charge is 2.48. The Morgan fingerprint density at radius 3 is 2.75 bits per heavy atom. The summed E-state index contributed by atoms with van der Waals surface area (Å²) in [4.78, 5) is 15.8. The van der Waals surface area contributed by atoms with E-state index < -0.39 is 11.7 Å². The summed E-state index contributed by atoms with van der Waals surface area (Å²) >= 11 is 0. The number of halogens is 1. The van der Waals surface area contributed by atoms with E-state index in [4.69, 9.17) is 5.73 Å². The van der Waals surface area contributed by atoms with Gasteiger partial charge < -0.3 is 14.9 Å². The molecule has 0 aliphatic heterocycles. The smallest absolute Gasteiger partial charge is 0.267 e. The van der Waals surface area contributed by atoms with Gasteiger partial charge in [0, 0.05) is 24.5 Å². The summed E-state index contributed by atoms with van der Waals surface area (Å²) in [7, 11) is 1.96. The molecule has 2 N–H and O–H groups in total. The number of benzene rings is 1. The van der Waals surface area contributed by atoms with Crippen LogP contribution in [0.4, 0.5) is 4.39 Å². The first-order valence-corrected chi connectivity index (χ1v) is 10.4. The largest absolute Gasteiger partial charge is 0.364 e. The normalized spacial score (nSPS) is 20.3. The molecule has 8 heteroatoms. The van der Waals surface area contributed by atoms with E-state index in [9.17, 15) is 9.18 Å². The van der Waals surface area contributed by atoms with E-state index in [1.165, 1.54) is 12.3 Å². The van der Waals surface area contributed by atoms with Gasteiger partial charge in [-0.1, -0.05) is 31.7 Å². The van der Waals surface area contributed by atoms with Gasteiger partial charge in [-0.2, -0.15) is 0 Å². The van der Waals surface area contributed by atoms with Gasteiger partial charge in [-0.15, -0.1) is 10.2 Å². The van der Waals surface area contributed by atoms with E-state index in [1.54, 1.807) is 17.0 Å². The number of hydrogen-bond donors (Lipinski definition) is 1. The third kappa shape index (κ3) is 2.86. The van der Waals surface area contributed by atoms with Crippen molar-refractivity contribution < 1.29 is 9.18 Å². The summed E-state index contributed by atoms with van der Waals surface area (Å²) in [5, 5.41) is 8.50. The maximum atomic E-state index is 14.9. The summed E-state index contributed by atoms with van der Waals surface area (Å²) < 4.78 is 18.6. The molecule has 3 aromatic heterocycles. The number of nitrogens with two attached hydrogens (primary N) is 1. The van der Waals surface area contributed by atoms with Crippen LogP contribution < -0.4 is 5.73 Å². The second kappa shape index (κ2) is 7.12. The van der Waals surface area contributed by atoms with Crippen LogP contribution in [0, 0.1) is 11.7 Å². The molecule has 4 aromatic rings. The number of nitrogens with zero attached hydrogens (tertiary/aromatic N) is 5. The van der Waals surface area contributed by atoms with Crippen molar-refractivity contribution in [2.75, 3.05) is 0 Å². The second-order valence-corrected chi connectivity index (χ2v) is 8.62. The monoisotopic (exact) mass is 430 g/mol. The summed E-state index contributed by atoms with van der Waals surface area (Å²) in [6.45, 7) is 6.05. The number of carbonyl (C=O) groups excluding carboxylic acids is 1. The van der Waals surface area contributed by atoms with Crippen molar-refractivity contribution in [1.29, 1.82) is 0 Å². The molecule has 0 radical (unpaired) electrons. The molecule has 32 heavy (non-hydrogen) atoms. The molecule has 162 valence electrons. The average molecular weight is 430 g/mol. The Balaban J connectivity index is 1.70. The Morgan fingerprint density at radius 2 is 2.12 bits per heavy atom. The van der Waals surface area contributed by atoms with E-state index in [0.29, 0.717) is 17.0 Å². The fourth-order valence-electron chi connectivity index (χ4n) is 5.05. The average Bonchev–Trinajstić information content (AvgIpc) is 3.34. The van der Waals surface area contributed by atoms with Gasteiger partial charge in [0.15, 0.2) is 5.82 Å². The molecular formula is C24H23FN6O. The standard InChI is InChI=1S/C24H23FN6O/c1-4-15-8-19(22(26)32)28-20-18(25)12-31(21(15)20)17-7-5-6-16(9-17)24(10-14(2)11-24)23-29-27-13-30(23)3/h4-9,12-14H,1,10-11H2,2-3H3,(H2,26,32). The van der Waals surface area contributed by atoms with Crippen LogP contribution in [0.2, 0.25) is 0 Å². The molecule has 5 rings (SSSR count). The van der Waals surface area contributed by atoms with Crippen LogP contribution in [0.5, 0.6) is 0 Å². The van der Waals surface area contributed by atoms with Crippen LogP contribution in [0.1, 0.15) is 47.2 Å². The molecule has 1 aliphatic rings. The van der Waals surface area contributed by atoms with E-state index >= 15 is 0 Å². The molecule has 0 atom stereocenters. The van der Waals surface area contributed by atoms with Crippen LogP contribution in [0.15, 0.2) is 49.4 Å². The fourth-order valence-corrected chi connectivity index (χ4v) is 5.05. The van der Waals surface area contributed by atoms with Gasteiger partial charge in [0.1, 0.15) is 23.4 Å². The Bertz CT molecular complexity index is 1380. The van der Waals surface area contributed by atoms with Gasteiger partial charge >= 0.3 is 0 Å². The first-order chi connectivity index (χ1) is 15.3. The maximum absolute atomic E-state index is 14.9. The number of rotatable bonds is 5. The number of aryl methyl sites for hydroxylation is 1. The third-order valence-corrected chi connectivity index (χ3v) is 6.41. The molecule has 7 nitrogen and oxygen atoms in total. The maximum Gasteiger partial charge on any atom is 0.267 e. The number of hydrogen-bond acceptors (Lipinski definition) is 4. The zero-order valence-corrected chi connectivity index (χ0v) is 17.9. The first kappa shape index (κ1) is 20.1. The number of aromatic nitrogens is 5. The molecule has 0 saturated heterocycles. The van der Waals surface area contributed by atoms with E-state index in [1.807, 2.05) is 23.7 Å². The Labute approximate surface area is 184 Å². The summed E-state index contributed by atoms with van der Waals surface area (Å²) in [5.41, 5.74) is 8.24. The molecule has 1 aliphatic carbocycles. The van der Waals surface area contributed by atoms with Crippen molar-refractivity contribution in [3.05, 3.63) is 77.9 Å². The van der Waals surface area contributed by atoms with Crippen molar-refractivity contribution in [3.63, 3.8) is 0 Å². The van der Waals surface area contributed by atoms with E-state index in [0.717, 1.165) is 29.9 Å². The number of fused-ring (bicyclic) bond motifs is 1. The summed E-state index contributed by atoms with van der Waals surface area (Å²) in [5.74, 6) is 0.255. The van der Waals surface area contributed by atoms with Crippen LogP contribution in [-0.4, -0.2) is 30.2 Å². The molecule has 1 saturated carbocycles. The minimum absolute atomic E-state index is 0.00231. The number of carbonyl (C=O) groups is 1. The Hall–Kier alpha value is -3.81. The van der Waals surface area contributed by atoms with Gasteiger partial charge in [0.2, 0.25) is 0 Å². The van der Waals surface area contributed by atoms with Crippen LogP contribution >= 0.6 is 0 Å². The highest BCUT2D eigenvalue weighted by molar-refractivity contribution is 5.96. The molecule has 0 unspecified atom stereocenters. The predicted octanol–water partition coefficient (Wildman–Crippen LogP) is 3.75. The SMILES string of the molecule is C=Cc1cc(C(N)=O)nc2c(F)cn(-c3cccc(C4(c5nncn5C)CC(C)C4)c3)c12. The molecule has 1 amide bonds. The number of pyridine rings is 1. The lowest BCUT2D eigenvalue weighted by atomic mass is 9.58. The minimum Gasteiger partial charge on any atom is -0.364 e. The third-order valence-electron chi connectivity index (χ3n) is 6.41. The summed E-state index contributed by atoms with van der Waals surface area (Å²) in [6.07, 6.45) is 6.60. The van der Waals surface area contributed by atoms with Gasteiger partial charge in [0.25, 0.3) is 5.91 Å². The first-order valence-electron chi connectivity index (χ1n) is 10.4. The molecule has 1 aromatic carbocycles. The lowest BCUT2D eigenvalue weighted by Crippen LogP contribution is -2.43. The molecule has 0 spiro atoms. The van der Waals surface area contributed by atoms with Crippen molar-refractivity contribution in [1.82, 2.24) is 24.3 Å². The molecule has 0 bridgehead atoms. The molecule has 1 fully saturated rings. The quantitative estimate of drug-likeness (QED) is 0.522. The summed E-state index contributed by atoms with van der Waals surface area (Å²) in [6, 6.07) is 9.57. The van der Waals surface area contributed by atoms with E-state index in [2.05, 4.69) is 40.8 Å². The zero-order chi connectivity index (χ0) is 22.6. The lowest BCUT2D eigenvalue weighted by molar-refractivity contribution is 0.0996. The molecule has 3 heterocycles. The van der Waals surface area contributed by atoms with Crippen molar-refractivity contribution >= 4 is 23.0 Å². The predicted molar refractivity (Wildman–Crippen MR) is 120 cm³/mol. The number of amides is 1. The van der Waals surface area contributed by atoms with Gasteiger partial charge in [-0.25, -0.2) is 9.37 Å². The lowest BCUT2D eigenvalue weighted by Gasteiger charge is -2.46. The Kier molecular flexibility index (Phi) is 4.47.